The smallest absolute Gasteiger partial charge is 0.155 e. The summed E-state index contributed by atoms with van der Waals surface area (Å²) < 4.78 is 12.9. The van der Waals surface area contributed by atoms with E-state index in [1.54, 1.807) is 0 Å². The molecule has 0 aromatic carbocycles. The van der Waals surface area contributed by atoms with E-state index in [0.29, 0.717) is 13.0 Å². The molecule has 0 saturated carbocycles. The summed E-state index contributed by atoms with van der Waals surface area (Å²) in [4.78, 5) is 14.6. The Balaban J connectivity index is 2.92. The molecule has 100 valence electrons. The summed E-state index contributed by atoms with van der Waals surface area (Å²) in [6.07, 6.45) is 0.671. The Morgan fingerprint density at radius 3 is 2.12 bits per heavy atom. The molecule has 3 heteroatoms. The van der Waals surface area contributed by atoms with E-state index < -0.39 is 0 Å². The number of nitrogens with zero attached hydrogens (tertiary/aromatic N) is 1. The largest absolute Gasteiger partial charge is 0.297 e. The third kappa shape index (κ3) is 3.27. The molecule has 0 bridgehead atoms. The van der Waals surface area contributed by atoms with E-state index in [-0.39, 0.29) is 35.4 Å². The van der Waals surface area contributed by atoms with Crippen LogP contribution in [0.2, 0.25) is 0 Å². The first-order valence-electron chi connectivity index (χ1n) is 6.44. The van der Waals surface area contributed by atoms with Crippen molar-refractivity contribution in [2.75, 3.05) is 13.2 Å². The van der Waals surface area contributed by atoms with E-state index in [2.05, 4.69) is 25.7 Å². The highest BCUT2D eigenvalue weighted by atomic mass is 19.1. The number of ketones is 1. The lowest BCUT2D eigenvalue weighted by molar-refractivity contribution is -0.132. The second kappa shape index (κ2) is 4.68. The molecule has 0 aliphatic carbocycles. The van der Waals surface area contributed by atoms with Crippen molar-refractivity contribution in [2.24, 2.45) is 11.3 Å². The zero-order valence-electron chi connectivity index (χ0n) is 12.0. The molecule has 2 atom stereocenters. The number of likely N-dealkylation sites (tertiary alicyclic amines) is 1. The summed E-state index contributed by atoms with van der Waals surface area (Å²) in [5.41, 5.74) is -0.422. The predicted molar refractivity (Wildman–Crippen MR) is 68.8 cm³/mol. The van der Waals surface area contributed by atoms with Gasteiger partial charge in [0.25, 0.3) is 0 Å². The number of rotatable bonds is 2. The van der Waals surface area contributed by atoms with Gasteiger partial charge in [0.2, 0.25) is 0 Å². The normalized spacial score (nSPS) is 27.5. The molecule has 0 aromatic heterocycles. The molecule has 0 radical (unpaired) electrons. The quantitative estimate of drug-likeness (QED) is 0.743. The highest BCUT2D eigenvalue weighted by Gasteiger charge is 2.44. The molecule has 1 aliphatic heterocycles. The van der Waals surface area contributed by atoms with Crippen LogP contribution < -0.4 is 0 Å². The van der Waals surface area contributed by atoms with Crippen LogP contribution in [-0.4, -0.2) is 35.5 Å². The van der Waals surface area contributed by atoms with Crippen LogP contribution in [0.25, 0.3) is 0 Å². The van der Waals surface area contributed by atoms with Gasteiger partial charge in [-0.15, -0.1) is 0 Å². The Bertz CT molecular complexity index is 288. The lowest BCUT2D eigenvalue weighted by Crippen LogP contribution is -2.50. The monoisotopic (exact) mass is 243 g/mol. The maximum absolute atomic E-state index is 12.9. The first-order chi connectivity index (χ1) is 7.57. The fraction of sp³-hybridized carbons (Fsp3) is 0.929. The molecule has 0 aromatic rings. The number of carbonyl (C=O) groups is 1. The van der Waals surface area contributed by atoms with E-state index in [1.165, 1.54) is 0 Å². The summed E-state index contributed by atoms with van der Waals surface area (Å²) in [7, 11) is 0. The topological polar surface area (TPSA) is 20.3 Å². The van der Waals surface area contributed by atoms with Crippen molar-refractivity contribution >= 4 is 5.78 Å². The molecule has 1 saturated heterocycles. The zero-order valence-corrected chi connectivity index (χ0v) is 12.0. The molecule has 0 amide bonds. The lowest BCUT2D eigenvalue weighted by Gasteiger charge is -2.38. The molecule has 1 aliphatic rings. The summed E-state index contributed by atoms with van der Waals surface area (Å²) in [6, 6.07) is -0.115. The minimum absolute atomic E-state index is 0.0190. The van der Waals surface area contributed by atoms with Crippen molar-refractivity contribution in [3.63, 3.8) is 0 Å². The summed E-state index contributed by atoms with van der Waals surface area (Å²) >= 11 is 0. The van der Waals surface area contributed by atoms with Gasteiger partial charge in [-0.1, -0.05) is 20.8 Å². The number of Topliss-reactive ketones (excluding diaryl/α,β-unsaturated/α-hetero) is 1. The Labute approximate surface area is 105 Å². The Hall–Kier alpha value is -0.440. The minimum Gasteiger partial charge on any atom is -0.297 e. The fourth-order valence-electron chi connectivity index (χ4n) is 2.52. The maximum Gasteiger partial charge on any atom is 0.155 e. The Kier molecular flexibility index (Phi) is 4.02. The van der Waals surface area contributed by atoms with E-state index in [1.807, 2.05) is 20.8 Å². The molecule has 1 fully saturated rings. The average molecular weight is 243 g/mol. The molecular formula is C14H26FNO. The Morgan fingerprint density at radius 1 is 1.24 bits per heavy atom. The van der Waals surface area contributed by atoms with E-state index in [4.69, 9.17) is 0 Å². The van der Waals surface area contributed by atoms with Crippen LogP contribution >= 0.6 is 0 Å². The molecule has 1 rings (SSSR count). The van der Waals surface area contributed by atoms with E-state index in [9.17, 15) is 9.18 Å². The summed E-state index contributed by atoms with van der Waals surface area (Å²) in [5.74, 6) is 0.258. The van der Waals surface area contributed by atoms with Gasteiger partial charge in [0, 0.05) is 23.4 Å². The van der Waals surface area contributed by atoms with Crippen molar-refractivity contribution in [2.45, 2.75) is 59.5 Å². The first-order valence-corrected chi connectivity index (χ1v) is 6.44. The van der Waals surface area contributed by atoms with E-state index in [0.717, 1.165) is 0 Å². The molecule has 0 spiro atoms. The standard InChI is InChI=1S/C14H26FNO/c1-13(2,3)12(17)11-7-10(8-15)9-16(11)14(4,5)6/h10-11H,7-9H2,1-6H3. The fourth-order valence-corrected chi connectivity index (χ4v) is 2.52. The maximum atomic E-state index is 12.9. The zero-order chi connectivity index (χ0) is 13.4. The lowest BCUT2D eigenvalue weighted by atomic mass is 9.84. The van der Waals surface area contributed by atoms with Crippen molar-refractivity contribution in [3.8, 4) is 0 Å². The van der Waals surface area contributed by atoms with Crippen LogP contribution in [0, 0.1) is 11.3 Å². The van der Waals surface area contributed by atoms with Gasteiger partial charge in [0.1, 0.15) is 0 Å². The van der Waals surface area contributed by atoms with Crippen LogP contribution in [0.3, 0.4) is 0 Å². The van der Waals surface area contributed by atoms with Gasteiger partial charge >= 0.3 is 0 Å². The molecule has 17 heavy (non-hydrogen) atoms. The van der Waals surface area contributed by atoms with Gasteiger partial charge < -0.3 is 0 Å². The van der Waals surface area contributed by atoms with Crippen LogP contribution in [0.1, 0.15) is 48.0 Å². The number of carbonyl (C=O) groups excluding carboxylic acids is 1. The van der Waals surface area contributed by atoms with Crippen LogP contribution in [-0.2, 0) is 4.79 Å². The second-order valence-corrected chi connectivity index (χ2v) is 7.21. The highest BCUT2D eigenvalue weighted by Crippen LogP contribution is 2.34. The molecular weight excluding hydrogens is 217 g/mol. The summed E-state index contributed by atoms with van der Waals surface area (Å²) in [6.45, 7) is 12.5. The molecule has 1 heterocycles. The predicted octanol–water partition coefficient (Wildman–Crippen LogP) is 3.06. The average Bonchev–Trinajstić information content (AvgIpc) is 2.57. The minimum atomic E-state index is -0.348. The first kappa shape index (κ1) is 14.6. The van der Waals surface area contributed by atoms with Crippen molar-refractivity contribution in [1.29, 1.82) is 0 Å². The van der Waals surface area contributed by atoms with Crippen LogP contribution in [0.5, 0.6) is 0 Å². The van der Waals surface area contributed by atoms with Gasteiger partial charge in [-0.2, -0.15) is 0 Å². The summed E-state index contributed by atoms with van der Waals surface area (Å²) in [5, 5.41) is 0. The van der Waals surface area contributed by atoms with Gasteiger partial charge in [-0.3, -0.25) is 14.1 Å². The SMILES string of the molecule is CC(C)(C)C(=O)C1CC(CF)CN1C(C)(C)C. The van der Waals surface area contributed by atoms with Crippen LogP contribution in [0.15, 0.2) is 0 Å². The second-order valence-electron chi connectivity index (χ2n) is 7.21. The number of hydrogen-bond acceptors (Lipinski definition) is 2. The van der Waals surface area contributed by atoms with Crippen molar-refractivity contribution < 1.29 is 9.18 Å². The number of halogens is 1. The molecule has 0 N–H and O–H groups in total. The highest BCUT2D eigenvalue weighted by molar-refractivity contribution is 5.89. The number of alkyl halides is 1. The molecule has 2 nitrogen and oxygen atoms in total. The van der Waals surface area contributed by atoms with Crippen molar-refractivity contribution in [3.05, 3.63) is 0 Å². The van der Waals surface area contributed by atoms with E-state index >= 15 is 0 Å². The third-order valence-electron chi connectivity index (χ3n) is 3.51. The van der Waals surface area contributed by atoms with Crippen LogP contribution in [0.4, 0.5) is 4.39 Å². The van der Waals surface area contributed by atoms with Gasteiger partial charge in [-0.05, 0) is 27.2 Å². The van der Waals surface area contributed by atoms with Crippen molar-refractivity contribution in [1.82, 2.24) is 4.90 Å². The Morgan fingerprint density at radius 2 is 1.76 bits per heavy atom. The number of hydrogen-bond donors (Lipinski definition) is 0. The third-order valence-corrected chi connectivity index (χ3v) is 3.51. The molecule has 2 unspecified atom stereocenters. The van der Waals surface area contributed by atoms with Gasteiger partial charge in [-0.25, -0.2) is 0 Å². The van der Waals surface area contributed by atoms with Gasteiger partial charge in [0.15, 0.2) is 5.78 Å². The van der Waals surface area contributed by atoms with Gasteiger partial charge in [0.05, 0.1) is 12.7 Å².